The topological polar surface area (TPSA) is 153 Å². The minimum absolute atomic E-state index is 0.0262. The van der Waals surface area contributed by atoms with Gasteiger partial charge in [-0.3, -0.25) is 24.6 Å². The Labute approximate surface area is 161 Å². The van der Waals surface area contributed by atoms with Crippen LogP contribution in [0.2, 0.25) is 0 Å². The molecule has 0 fully saturated rings. The molecule has 1 aromatic heterocycles. The maximum absolute atomic E-state index is 12.6. The van der Waals surface area contributed by atoms with Crippen molar-refractivity contribution in [3.8, 4) is 0 Å². The van der Waals surface area contributed by atoms with Crippen LogP contribution in [0, 0.1) is 10.1 Å². The van der Waals surface area contributed by atoms with E-state index in [0.29, 0.717) is 10.4 Å². The average Bonchev–Trinajstić information content (AvgIpc) is 3.10. The zero-order valence-electron chi connectivity index (χ0n) is 14.2. The minimum Gasteiger partial charge on any atom is -0.478 e. The van der Waals surface area contributed by atoms with Gasteiger partial charge in [0.15, 0.2) is 0 Å². The van der Waals surface area contributed by atoms with Crippen molar-refractivity contribution >= 4 is 39.8 Å². The van der Waals surface area contributed by atoms with Crippen molar-refractivity contribution in [3.63, 3.8) is 0 Å². The maximum Gasteiger partial charge on any atom is 0.338 e. The second-order valence-electron chi connectivity index (χ2n) is 6.39. The van der Waals surface area contributed by atoms with Gasteiger partial charge in [-0.2, -0.15) is 0 Å². The number of carbonyl (C=O) groups is 3. The Bertz CT molecular complexity index is 1060. The fourth-order valence-corrected chi connectivity index (χ4v) is 4.47. The van der Waals surface area contributed by atoms with Crippen LogP contribution >= 0.6 is 11.3 Å². The van der Waals surface area contributed by atoms with Crippen molar-refractivity contribution < 1.29 is 29.2 Å². The molecule has 2 aromatic rings. The van der Waals surface area contributed by atoms with E-state index in [2.05, 4.69) is 0 Å². The largest absolute Gasteiger partial charge is 0.478 e. The van der Waals surface area contributed by atoms with Crippen molar-refractivity contribution in [2.45, 2.75) is 19.1 Å². The number of imide groups is 1. The molecule has 11 heteroatoms. The van der Waals surface area contributed by atoms with Crippen LogP contribution in [0.5, 0.6) is 0 Å². The number of nitrogens with zero attached hydrogens (tertiary/aromatic N) is 2. The van der Waals surface area contributed by atoms with E-state index in [-0.39, 0.29) is 47.0 Å². The lowest BCUT2D eigenvalue weighted by molar-refractivity contribution is -0.384. The van der Waals surface area contributed by atoms with Gasteiger partial charge in [0.1, 0.15) is 5.00 Å². The van der Waals surface area contributed by atoms with Gasteiger partial charge in [-0.15, -0.1) is 11.3 Å². The number of amides is 2. The molecule has 0 saturated carbocycles. The molecule has 1 unspecified atom stereocenters. The molecule has 2 amide bonds. The molecule has 144 valence electrons. The summed E-state index contributed by atoms with van der Waals surface area (Å²) in [5, 5.41) is 20.5. The van der Waals surface area contributed by atoms with Gasteiger partial charge in [0, 0.05) is 23.4 Å². The number of thiophene rings is 1. The van der Waals surface area contributed by atoms with Crippen molar-refractivity contribution in [1.82, 2.24) is 4.90 Å². The zero-order chi connectivity index (χ0) is 20.2. The Hall–Kier alpha value is -3.31. The molecule has 2 aliphatic heterocycles. The third-order valence-corrected chi connectivity index (χ3v) is 5.80. The van der Waals surface area contributed by atoms with Crippen LogP contribution in [-0.4, -0.2) is 45.4 Å². The molecule has 0 saturated heterocycles. The molecule has 4 rings (SSSR count). The van der Waals surface area contributed by atoms with Gasteiger partial charge in [0.25, 0.3) is 17.5 Å². The van der Waals surface area contributed by atoms with Gasteiger partial charge < -0.3 is 15.6 Å². The van der Waals surface area contributed by atoms with E-state index >= 15 is 0 Å². The summed E-state index contributed by atoms with van der Waals surface area (Å²) in [6.07, 6.45) is -0.408. The monoisotopic (exact) mass is 403 g/mol. The summed E-state index contributed by atoms with van der Waals surface area (Å²) >= 11 is 1.15. The lowest BCUT2D eigenvalue weighted by Crippen LogP contribution is -2.40. The number of fused-ring (bicyclic) bond motifs is 2. The van der Waals surface area contributed by atoms with Crippen molar-refractivity contribution in [3.05, 3.63) is 55.4 Å². The van der Waals surface area contributed by atoms with Crippen LogP contribution in [0.25, 0.3) is 0 Å². The molecule has 0 aliphatic carbocycles. The summed E-state index contributed by atoms with van der Waals surface area (Å²) in [7, 11) is 0. The highest BCUT2D eigenvalue weighted by Crippen LogP contribution is 2.36. The van der Waals surface area contributed by atoms with Crippen LogP contribution < -0.4 is 5.73 Å². The molecule has 28 heavy (non-hydrogen) atoms. The standard InChI is InChI=1S/C17H13N3O7S/c18-14-13(17(23)24)11-4-8(27-6-12(11)28-14)5-19-15(21)9-2-1-7(20(25)26)3-10(9)16(19)22/h1-3,8H,4-6,18H2,(H,23,24). The van der Waals surface area contributed by atoms with Crippen molar-refractivity contribution in [1.29, 1.82) is 0 Å². The first-order valence-corrected chi connectivity index (χ1v) is 8.99. The van der Waals surface area contributed by atoms with Gasteiger partial charge in [0.05, 0.1) is 40.9 Å². The number of nitro benzene ring substituents is 1. The Morgan fingerprint density at radius 2 is 2.07 bits per heavy atom. The predicted octanol–water partition coefficient (Wildman–Crippen LogP) is 1.67. The number of carboxylic acid groups (broad SMARTS) is 1. The van der Waals surface area contributed by atoms with E-state index in [9.17, 15) is 29.6 Å². The number of aromatic carboxylic acids is 1. The molecule has 0 bridgehead atoms. The van der Waals surface area contributed by atoms with Gasteiger partial charge in [-0.25, -0.2) is 4.79 Å². The molecule has 0 spiro atoms. The number of anilines is 1. The number of rotatable bonds is 4. The van der Waals surface area contributed by atoms with E-state index in [1.165, 1.54) is 12.1 Å². The number of ether oxygens (including phenoxy) is 1. The molecular weight excluding hydrogens is 390 g/mol. The normalized spacial score (nSPS) is 18.1. The van der Waals surface area contributed by atoms with Crippen LogP contribution in [0.1, 0.15) is 41.5 Å². The lowest BCUT2D eigenvalue weighted by Gasteiger charge is -2.26. The number of carboxylic acids is 1. The first kappa shape index (κ1) is 18.1. The second kappa shape index (κ2) is 6.39. The maximum atomic E-state index is 12.6. The van der Waals surface area contributed by atoms with Crippen molar-refractivity contribution in [2.75, 3.05) is 12.3 Å². The first-order valence-electron chi connectivity index (χ1n) is 8.17. The summed E-state index contributed by atoms with van der Waals surface area (Å²) in [4.78, 5) is 48.6. The Balaban J connectivity index is 1.57. The second-order valence-corrected chi connectivity index (χ2v) is 7.53. The fraction of sp³-hybridized carbons (Fsp3) is 0.235. The Morgan fingerprint density at radius 3 is 2.75 bits per heavy atom. The van der Waals surface area contributed by atoms with E-state index < -0.39 is 28.8 Å². The predicted molar refractivity (Wildman–Crippen MR) is 96.4 cm³/mol. The Morgan fingerprint density at radius 1 is 1.36 bits per heavy atom. The number of benzene rings is 1. The molecule has 10 nitrogen and oxygen atoms in total. The molecule has 0 radical (unpaired) electrons. The quantitative estimate of drug-likeness (QED) is 0.444. The average molecular weight is 403 g/mol. The third kappa shape index (κ3) is 2.72. The lowest BCUT2D eigenvalue weighted by atomic mass is 10.0. The highest BCUT2D eigenvalue weighted by atomic mass is 32.1. The van der Waals surface area contributed by atoms with Gasteiger partial charge >= 0.3 is 5.97 Å². The van der Waals surface area contributed by atoms with Gasteiger partial charge in [0.2, 0.25) is 0 Å². The highest BCUT2D eigenvalue weighted by molar-refractivity contribution is 7.16. The summed E-state index contributed by atoms with van der Waals surface area (Å²) in [6, 6.07) is 3.51. The van der Waals surface area contributed by atoms with Crippen molar-refractivity contribution in [2.24, 2.45) is 0 Å². The molecule has 1 aromatic carbocycles. The number of nitrogens with two attached hydrogens (primary N) is 1. The minimum atomic E-state index is -1.14. The summed E-state index contributed by atoms with van der Waals surface area (Å²) in [5.74, 6) is -2.34. The van der Waals surface area contributed by atoms with E-state index in [4.69, 9.17) is 10.5 Å². The van der Waals surface area contributed by atoms with Crippen LogP contribution in [-0.2, 0) is 17.8 Å². The molecule has 3 heterocycles. The van der Waals surface area contributed by atoms with Crippen LogP contribution in [0.3, 0.4) is 0 Å². The number of nitro groups is 1. The van der Waals surface area contributed by atoms with Gasteiger partial charge in [-0.1, -0.05) is 0 Å². The number of carbonyl (C=O) groups excluding carboxylic acids is 2. The number of hydrogen-bond acceptors (Lipinski definition) is 8. The number of nitrogen functional groups attached to an aromatic ring is 1. The SMILES string of the molecule is Nc1sc2c(c1C(=O)O)CC(CN1C(=O)c3ccc([N+](=O)[O-])cc3C1=O)OC2. The third-order valence-electron chi connectivity index (χ3n) is 4.77. The first-order chi connectivity index (χ1) is 13.3. The highest BCUT2D eigenvalue weighted by Gasteiger charge is 2.39. The Kier molecular flexibility index (Phi) is 4.12. The summed E-state index contributed by atoms with van der Waals surface area (Å²) in [5.41, 5.74) is 6.16. The molecule has 2 aliphatic rings. The van der Waals surface area contributed by atoms with Gasteiger partial charge in [-0.05, 0) is 11.6 Å². The number of hydrogen-bond donors (Lipinski definition) is 2. The smallest absolute Gasteiger partial charge is 0.338 e. The molecule has 1 atom stereocenters. The van der Waals surface area contributed by atoms with E-state index in [1.54, 1.807) is 0 Å². The van der Waals surface area contributed by atoms with Crippen LogP contribution in [0.15, 0.2) is 18.2 Å². The summed E-state index contributed by atoms with van der Waals surface area (Å²) in [6.45, 7) is 0.0468. The van der Waals surface area contributed by atoms with E-state index in [1.807, 2.05) is 0 Å². The number of non-ortho nitro benzene ring substituents is 1. The van der Waals surface area contributed by atoms with E-state index in [0.717, 1.165) is 22.3 Å². The fourth-order valence-electron chi connectivity index (χ4n) is 3.46. The van der Waals surface area contributed by atoms with Crippen LogP contribution in [0.4, 0.5) is 10.7 Å². The molecule has 3 N–H and O–H groups in total. The zero-order valence-corrected chi connectivity index (χ0v) is 15.0. The molecular formula is C17H13N3O7S. The summed E-state index contributed by atoms with van der Waals surface area (Å²) < 4.78 is 5.68.